The summed E-state index contributed by atoms with van der Waals surface area (Å²) >= 11 is 0. The molecule has 0 saturated heterocycles. The number of hydrogen-bond donors (Lipinski definition) is 0. The standard InChI is InChI=1S/C19H22O2/c1-10(2)15-7-12(4)17-9-16(13(5)20)11(3)8-18(17)19(15)14(6)21/h7-10H,1-6H3. The van der Waals surface area contributed by atoms with Crippen molar-refractivity contribution >= 4 is 22.3 Å². The van der Waals surface area contributed by atoms with Gasteiger partial charge < -0.3 is 0 Å². The Morgan fingerprint density at radius 2 is 1.48 bits per heavy atom. The van der Waals surface area contributed by atoms with Crippen LogP contribution in [0.2, 0.25) is 0 Å². The third-order valence-electron chi connectivity index (χ3n) is 4.07. The fourth-order valence-electron chi connectivity index (χ4n) is 3.01. The molecule has 0 heterocycles. The van der Waals surface area contributed by atoms with Gasteiger partial charge in [-0.25, -0.2) is 0 Å². The molecule has 0 amide bonds. The van der Waals surface area contributed by atoms with Crippen molar-refractivity contribution in [3.8, 4) is 0 Å². The molecule has 0 fully saturated rings. The van der Waals surface area contributed by atoms with Crippen molar-refractivity contribution in [2.75, 3.05) is 0 Å². The average molecular weight is 282 g/mol. The quantitative estimate of drug-likeness (QED) is 0.743. The van der Waals surface area contributed by atoms with Crippen LogP contribution in [-0.4, -0.2) is 11.6 Å². The smallest absolute Gasteiger partial charge is 0.160 e. The van der Waals surface area contributed by atoms with Crippen molar-refractivity contribution in [2.45, 2.75) is 47.5 Å². The zero-order valence-corrected chi connectivity index (χ0v) is 13.6. The van der Waals surface area contributed by atoms with Crippen LogP contribution >= 0.6 is 0 Å². The van der Waals surface area contributed by atoms with Crippen molar-refractivity contribution in [3.63, 3.8) is 0 Å². The Labute approximate surface area is 126 Å². The van der Waals surface area contributed by atoms with E-state index >= 15 is 0 Å². The topological polar surface area (TPSA) is 34.1 Å². The normalized spacial score (nSPS) is 11.2. The van der Waals surface area contributed by atoms with Gasteiger partial charge in [-0.2, -0.15) is 0 Å². The van der Waals surface area contributed by atoms with Crippen LogP contribution in [0.3, 0.4) is 0 Å². The van der Waals surface area contributed by atoms with Crippen molar-refractivity contribution in [1.29, 1.82) is 0 Å². The van der Waals surface area contributed by atoms with E-state index in [1.807, 2.05) is 26.0 Å². The highest BCUT2D eigenvalue weighted by Crippen LogP contribution is 2.32. The molecule has 0 atom stereocenters. The second-order valence-corrected chi connectivity index (χ2v) is 6.14. The predicted molar refractivity (Wildman–Crippen MR) is 87.5 cm³/mol. The Bertz CT molecular complexity index is 752. The molecule has 21 heavy (non-hydrogen) atoms. The number of Topliss-reactive ketones (excluding diaryl/α,β-unsaturated/α-hetero) is 2. The molecule has 0 bridgehead atoms. The van der Waals surface area contributed by atoms with Gasteiger partial charge >= 0.3 is 0 Å². The van der Waals surface area contributed by atoms with Gasteiger partial charge in [-0.15, -0.1) is 0 Å². The third kappa shape index (κ3) is 2.63. The van der Waals surface area contributed by atoms with Crippen molar-refractivity contribution < 1.29 is 9.59 Å². The molecule has 0 unspecified atom stereocenters. The highest BCUT2D eigenvalue weighted by molar-refractivity contribution is 6.11. The molecule has 2 aromatic carbocycles. The predicted octanol–water partition coefficient (Wildman–Crippen LogP) is 4.99. The first kappa shape index (κ1) is 15.4. The summed E-state index contributed by atoms with van der Waals surface area (Å²) < 4.78 is 0. The van der Waals surface area contributed by atoms with Gasteiger partial charge in [0.2, 0.25) is 0 Å². The second-order valence-electron chi connectivity index (χ2n) is 6.14. The summed E-state index contributed by atoms with van der Waals surface area (Å²) in [7, 11) is 0. The maximum absolute atomic E-state index is 12.2. The lowest BCUT2D eigenvalue weighted by molar-refractivity contribution is 0.101. The van der Waals surface area contributed by atoms with E-state index in [4.69, 9.17) is 0 Å². The number of benzene rings is 2. The van der Waals surface area contributed by atoms with Gasteiger partial charge in [-0.1, -0.05) is 19.9 Å². The summed E-state index contributed by atoms with van der Waals surface area (Å²) in [5.74, 6) is 0.435. The summed E-state index contributed by atoms with van der Waals surface area (Å²) in [6.45, 7) is 11.4. The first-order valence-electron chi connectivity index (χ1n) is 7.33. The lowest BCUT2D eigenvalue weighted by Gasteiger charge is -2.17. The van der Waals surface area contributed by atoms with E-state index in [9.17, 15) is 9.59 Å². The molecule has 0 spiro atoms. The van der Waals surface area contributed by atoms with E-state index in [1.54, 1.807) is 13.8 Å². The Hall–Kier alpha value is -1.96. The summed E-state index contributed by atoms with van der Waals surface area (Å²) in [5.41, 5.74) is 4.66. The van der Waals surface area contributed by atoms with Crippen LogP contribution in [0.25, 0.3) is 10.8 Å². The molecule has 2 rings (SSSR count). The zero-order chi connectivity index (χ0) is 15.9. The molecule has 2 nitrogen and oxygen atoms in total. The number of fused-ring (bicyclic) bond motifs is 1. The highest BCUT2D eigenvalue weighted by atomic mass is 16.1. The van der Waals surface area contributed by atoms with E-state index in [2.05, 4.69) is 19.9 Å². The molecular weight excluding hydrogens is 260 g/mol. The Kier molecular flexibility index (Phi) is 3.99. The van der Waals surface area contributed by atoms with Crippen molar-refractivity contribution in [3.05, 3.63) is 46.0 Å². The van der Waals surface area contributed by atoms with Crippen LogP contribution in [0, 0.1) is 13.8 Å². The number of carbonyl (C=O) groups excluding carboxylic acids is 2. The minimum Gasteiger partial charge on any atom is -0.295 e. The molecule has 110 valence electrons. The largest absolute Gasteiger partial charge is 0.295 e. The Morgan fingerprint density at radius 1 is 0.857 bits per heavy atom. The number of ketones is 2. The number of carbonyl (C=O) groups is 2. The highest BCUT2D eigenvalue weighted by Gasteiger charge is 2.18. The SMILES string of the molecule is CC(=O)c1cc2c(C)cc(C(C)C)c(C(C)=O)c2cc1C. The van der Waals surface area contributed by atoms with Gasteiger partial charge in [0.25, 0.3) is 0 Å². The lowest BCUT2D eigenvalue weighted by Crippen LogP contribution is -2.06. The summed E-state index contributed by atoms with van der Waals surface area (Å²) in [5, 5.41) is 1.97. The van der Waals surface area contributed by atoms with Crippen LogP contribution in [0.4, 0.5) is 0 Å². The van der Waals surface area contributed by atoms with Gasteiger partial charge in [0.1, 0.15) is 0 Å². The second kappa shape index (κ2) is 5.44. The lowest BCUT2D eigenvalue weighted by atomic mass is 9.86. The van der Waals surface area contributed by atoms with E-state index in [1.165, 1.54) is 0 Å². The zero-order valence-electron chi connectivity index (χ0n) is 13.6. The van der Waals surface area contributed by atoms with Crippen molar-refractivity contribution in [2.24, 2.45) is 0 Å². The van der Waals surface area contributed by atoms with Gasteiger partial charge in [-0.3, -0.25) is 9.59 Å². The first-order chi connectivity index (χ1) is 9.73. The molecule has 0 radical (unpaired) electrons. The fraction of sp³-hybridized carbons (Fsp3) is 0.368. The Balaban J connectivity index is 2.98. The molecule has 0 aliphatic carbocycles. The molecule has 0 aliphatic rings. The fourth-order valence-corrected chi connectivity index (χ4v) is 3.01. The van der Waals surface area contributed by atoms with E-state index in [-0.39, 0.29) is 11.6 Å². The van der Waals surface area contributed by atoms with Gasteiger partial charge in [0.15, 0.2) is 11.6 Å². The van der Waals surface area contributed by atoms with Gasteiger partial charge in [0, 0.05) is 11.1 Å². The third-order valence-corrected chi connectivity index (χ3v) is 4.07. The van der Waals surface area contributed by atoms with Crippen LogP contribution in [0.1, 0.15) is 71.0 Å². The van der Waals surface area contributed by atoms with Gasteiger partial charge in [-0.05, 0) is 73.2 Å². The van der Waals surface area contributed by atoms with Crippen LogP contribution in [0.5, 0.6) is 0 Å². The molecular formula is C19H22O2. The summed E-state index contributed by atoms with van der Waals surface area (Å²) in [6, 6.07) is 6.00. The first-order valence-corrected chi connectivity index (χ1v) is 7.33. The van der Waals surface area contributed by atoms with Crippen LogP contribution < -0.4 is 0 Å². The maximum atomic E-state index is 12.2. The van der Waals surface area contributed by atoms with Crippen LogP contribution in [0.15, 0.2) is 18.2 Å². The van der Waals surface area contributed by atoms with Crippen LogP contribution in [-0.2, 0) is 0 Å². The maximum Gasteiger partial charge on any atom is 0.160 e. The molecule has 0 aliphatic heterocycles. The summed E-state index contributed by atoms with van der Waals surface area (Å²) in [4.78, 5) is 23.9. The van der Waals surface area contributed by atoms with E-state index < -0.39 is 0 Å². The molecule has 2 aromatic rings. The molecule has 0 N–H and O–H groups in total. The van der Waals surface area contributed by atoms with E-state index in [0.29, 0.717) is 5.92 Å². The minimum atomic E-state index is 0.0612. The number of rotatable bonds is 3. The monoisotopic (exact) mass is 282 g/mol. The number of aryl methyl sites for hydroxylation is 2. The molecule has 0 saturated carbocycles. The molecule has 2 heteroatoms. The van der Waals surface area contributed by atoms with E-state index in [0.717, 1.165) is 38.6 Å². The summed E-state index contributed by atoms with van der Waals surface area (Å²) in [6.07, 6.45) is 0. The average Bonchev–Trinajstić information content (AvgIpc) is 2.36. The minimum absolute atomic E-state index is 0.0612. The van der Waals surface area contributed by atoms with Crippen molar-refractivity contribution in [1.82, 2.24) is 0 Å². The molecule has 0 aromatic heterocycles. The van der Waals surface area contributed by atoms with Gasteiger partial charge in [0.05, 0.1) is 0 Å². The number of hydrogen-bond acceptors (Lipinski definition) is 2. The Morgan fingerprint density at radius 3 is 1.95 bits per heavy atom.